The number of benzene rings is 1. The third-order valence-electron chi connectivity index (χ3n) is 2.17. The number of hydrogen-bond donors (Lipinski definition) is 1. The van der Waals surface area contributed by atoms with Crippen molar-refractivity contribution in [2.24, 2.45) is 0 Å². The molecule has 0 amide bonds. The van der Waals surface area contributed by atoms with Gasteiger partial charge in [0.1, 0.15) is 0 Å². The van der Waals surface area contributed by atoms with Crippen molar-refractivity contribution in [3.63, 3.8) is 0 Å². The quantitative estimate of drug-likeness (QED) is 0.670. The second-order valence-corrected chi connectivity index (χ2v) is 3.09. The van der Waals surface area contributed by atoms with Crippen molar-refractivity contribution in [2.45, 2.75) is 12.5 Å². The zero-order chi connectivity index (χ0) is 10.1. The molecule has 1 aliphatic heterocycles. The molecule has 0 unspecified atom stereocenters. The number of carbonyl (C=O) groups is 2. The first-order valence-corrected chi connectivity index (χ1v) is 4.20. The van der Waals surface area contributed by atoms with E-state index in [2.05, 4.69) is 0 Å². The predicted molar refractivity (Wildman–Crippen MR) is 47.0 cm³/mol. The zero-order valence-electron chi connectivity index (χ0n) is 7.27. The fraction of sp³-hybridized carbons (Fsp3) is 0.200. The lowest BCUT2D eigenvalue weighted by Gasteiger charge is -2.21. The Balaban J connectivity index is 2.38. The first-order chi connectivity index (χ1) is 6.68. The highest BCUT2D eigenvalue weighted by Gasteiger charge is 2.30. The Hall–Kier alpha value is -1.84. The predicted octanol–water partition coefficient (Wildman–Crippen LogP) is 0.853. The summed E-state index contributed by atoms with van der Waals surface area (Å²) in [5, 5.41) is 8.70. The monoisotopic (exact) mass is 192 g/mol. The van der Waals surface area contributed by atoms with E-state index in [1.165, 1.54) is 0 Å². The van der Waals surface area contributed by atoms with Crippen LogP contribution in [0, 0.1) is 0 Å². The summed E-state index contributed by atoms with van der Waals surface area (Å²) in [6.07, 6.45) is -0.797. The number of aliphatic carboxylic acids is 1. The highest BCUT2D eigenvalue weighted by Crippen LogP contribution is 2.20. The Kier molecular flexibility index (Phi) is 1.96. The van der Waals surface area contributed by atoms with Gasteiger partial charge in [0.25, 0.3) is 0 Å². The van der Waals surface area contributed by atoms with Crippen LogP contribution >= 0.6 is 0 Å². The summed E-state index contributed by atoms with van der Waals surface area (Å²) in [6, 6.07) is 6.87. The van der Waals surface area contributed by atoms with Gasteiger partial charge in [-0.15, -0.1) is 0 Å². The number of ether oxygens (including phenoxy) is 1. The number of cyclic esters (lactones) is 1. The van der Waals surface area contributed by atoms with Crippen molar-refractivity contribution in [1.82, 2.24) is 0 Å². The van der Waals surface area contributed by atoms with E-state index in [4.69, 9.17) is 9.84 Å². The number of fused-ring (bicyclic) bond motifs is 1. The van der Waals surface area contributed by atoms with Crippen LogP contribution in [0.1, 0.15) is 15.9 Å². The van der Waals surface area contributed by atoms with Gasteiger partial charge in [-0.2, -0.15) is 0 Å². The molecule has 1 N–H and O–H groups in total. The smallest absolute Gasteiger partial charge is 0.345 e. The number of hydrogen-bond acceptors (Lipinski definition) is 3. The second-order valence-electron chi connectivity index (χ2n) is 3.09. The molecule has 0 spiro atoms. The lowest BCUT2D eigenvalue weighted by molar-refractivity contribution is -0.147. The molecule has 0 saturated heterocycles. The van der Waals surface area contributed by atoms with Crippen molar-refractivity contribution in [3.05, 3.63) is 35.4 Å². The maximum absolute atomic E-state index is 11.3. The van der Waals surface area contributed by atoms with Crippen LogP contribution in [0.2, 0.25) is 0 Å². The summed E-state index contributed by atoms with van der Waals surface area (Å²) in [7, 11) is 0. The van der Waals surface area contributed by atoms with Crippen molar-refractivity contribution < 1.29 is 19.4 Å². The SMILES string of the molecule is O=C1O[C@@H](C(=O)O)Cc2ccccc21. The summed E-state index contributed by atoms with van der Waals surface area (Å²) >= 11 is 0. The van der Waals surface area contributed by atoms with E-state index < -0.39 is 18.0 Å². The minimum atomic E-state index is -1.10. The lowest BCUT2D eigenvalue weighted by atomic mass is 9.99. The first kappa shape index (κ1) is 8.74. The minimum absolute atomic E-state index is 0.247. The van der Waals surface area contributed by atoms with Crippen molar-refractivity contribution in [2.75, 3.05) is 0 Å². The van der Waals surface area contributed by atoms with Gasteiger partial charge in [0, 0.05) is 6.42 Å². The average Bonchev–Trinajstić information content (AvgIpc) is 2.17. The van der Waals surface area contributed by atoms with Gasteiger partial charge in [0.05, 0.1) is 5.56 Å². The molecule has 0 fully saturated rings. The molecule has 1 heterocycles. The Morgan fingerprint density at radius 1 is 1.43 bits per heavy atom. The van der Waals surface area contributed by atoms with Crippen LogP contribution in [0.25, 0.3) is 0 Å². The summed E-state index contributed by atoms with van der Waals surface area (Å²) in [5.74, 6) is -1.66. The maximum Gasteiger partial charge on any atom is 0.345 e. The van der Waals surface area contributed by atoms with Gasteiger partial charge in [-0.05, 0) is 11.6 Å². The average molecular weight is 192 g/mol. The maximum atomic E-state index is 11.3. The zero-order valence-corrected chi connectivity index (χ0v) is 7.27. The van der Waals surface area contributed by atoms with Crippen LogP contribution in [-0.2, 0) is 16.0 Å². The first-order valence-electron chi connectivity index (χ1n) is 4.20. The summed E-state index contributed by atoms with van der Waals surface area (Å²) in [5.41, 5.74) is 1.20. The van der Waals surface area contributed by atoms with Gasteiger partial charge < -0.3 is 9.84 Å². The molecule has 72 valence electrons. The molecule has 4 heteroatoms. The molecular weight excluding hydrogens is 184 g/mol. The number of carboxylic acids is 1. The Morgan fingerprint density at radius 3 is 2.86 bits per heavy atom. The molecule has 0 aromatic heterocycles. The third kappa shape index (κ3) is 1.35. The van der Waals surface area contributed by atoms with Crippen LogP contribution in [0.15, 0.2) is 24.3 Å². The minimum Gasteiger partial charge on any atom is -0.478 e. The van der Waals surface area contributed by atoms with E-state index in [0.29, 0.717) is 5.56 Å². The normalized spacial score (nSPS) is 19.7. The van der Waals surface area contributed by atoms with Crippen LogP contribution < -0.4 is 0 Å². The van der Waals surface area contributed by atoms with Gasteiger partial charge in [-0.25, -0.2) is 9.59 Å². The van der Waals surface area contributed by atoms with Gasteiger partial charge in [0.15, 0.2) is 0 Å². The number of rotatable bonds is 1. The molecule has 1 aliphatic rings. The fourth-order valence-corrected chi connectivity index (χ4v) is 1.47. The van der Waals surface area contributed by atoms with Crippen molar-refractivity contribution in [1.29, 1.82) is 0 Å². The summed E-state index contributed by atoms with van der Waals surface area (Å²) < 4.78 is 4.74. The molecule has 4 nitrogen and oxygen atoms in total. The third-order valence-corrected chi connectivity index (χ3v) is 2.17. The van der Waals surface area contributed by atoms with Crippen molar-refractivity contribution >= 4 is 11.9 Å². The molecule has 0 aliphatic carbocycles. The lowest BCUT2D eigenvalue weighted by Crippen LogP contribution is -2.33. The van der Waals surface area contributed by atoms with Gasteiger partial charge in [-0.1, -0.05) is 18.2 Å². The van der Waals surface area contributed by atoms with E-state index in [1.807, 2.05) is 0 Å². The van der Waals surface area contributed by atoms with Gasteiger partial charge in [0.2, 0.25) is 6.10 Å². The van der Waals surface area contributed by atoms with Crippen LogP contribution in [0.3, 0.4) is 0 Å². The van der Waals surface area contributed by atoms with Gasteiger partial charge in [-0.3, -0.25) is 0 Å². The van der Waals surface area contributed by atoms with Crippen molar-refractivity contribution in [3.8, 4) is 0 Å². The molecule has 2 rings (SSSR count). The molecule has 14 heavy (non-hydrogen) atoms. The molecule has 0 saturated carbocycles. The van der Waals surface area contributed by atoms with Crippen LogP contribution in [0.5, 0.6) is 0 Å². The van der Waals surface area contributed by atoms with Crippen LogP contribution in [0.4, 0.5) is 0 Å². The molecule has 0 bridgehead atoms. The van der Waals surface area contributed by atoms with Gasteiger partial charge >= 0.3 is 11.9 Å². The second kappa shape index (κ2) is 3.14. The van der Waals surface area contributed by atoms with E-state index >= 15 is 0 Å². The molecule has 1 aromatic rings. The molecule has 1 atom stereocenters. The van der Waals surface area contributed by atoms with E-state index in [9.17, 15) is 9.59 Å². The fourth-order valence-electron chi connectivity index (χ4n) is 1.47. The number of carboxylic acid groups (broad SMARTS) is 1. The topological polar surface area (TPSA) is 63.6 Å². The highest BCUT2D eigenvalue weighted by molar-refractivity contribution is 5.94. The largest absolute Gasteiger partial charge is 0.478 e. The van der Waals surface area contributed by atoms with E-state index in [-0.39, 0.29) is 6.42 Å². The Morgan fingerprint density at radius 2 is 2.14 bits per heavy atom. The van der Waals surface area contributed by atoms with E-state index in [0.717, 1.165) is 5.56 Å². The molecule has 0 radical (unpaired) electrons. The van der Waals surface area contributed by atoms with E-state index in [1.54, 1.807) is 24.3 Å². The summed E-state index contributed by atoms with van der Waals surface area (Å²) in [4.78, 5) is 21.9. The molecular formula is C10H8O4. The number of esters is 1. The number of carbonyl (C=O) groups excluding carboxylic acids is 1. The summed E-state index contributed by atoms with van der Waals surface area (Å²) in [6.45, 7) is 0. The van der Waals surface area contributed by atoms with Crippen LogP contribution in [-0.4, -0.2) is 23.1 Å². The Labute approximate surface area is 80.1 Å². The standard InChI is InChI=1S/C10H8O4/c11-9(12)8-5-6-3-1-2-4-7(6)10(13)14-8/h1-4,8H,5H2,(H,11,12)/t8-/m1/s1. The highest BCUT2D eigenvalue weighted by atomic mass is 16.6. The Bertz CT molecular complexity index is 397. The molecule has 1 aromatic carbocycles.